The third kappa shape index (κ3) is 15.3. The first-order valence-corrected chi connectivity index (χ1v) is 14.7. The van der Waals surface area contributed by atoms with E-state index in [0.29, 0.717) is 48.8 Å². The Hall–Kier alpha value is -3.03. The van der Waals surface area contributed by atoms with Crippen molar-refractivity contribution < 1.29 is 38.2 Å². The molecule has 12 nitrogen and oxygen atoms in total. The topological polar surface area (TPSA) is 167 Å². The number of hydrogen-bond donors (Lipinski definition) is 4. The minimum Gasteiger partial charge on any atom is -0.496 e. The monoisotopic (exact) mass is 614 g/mol. The molecule has 3 amide bonds. The molecule has 1 fully saturated rings. The quantitative estimate of drug-likeness (QED) is 0.151. The summed E-state index contributed by atoms with van der Waals surface area (Å²) >= 11 is 1.73. The Balaban J connectivity index is 0.00000402. The first-order valence-electron chi connectivity index (χ1n) is 13.7. The van der Waals surface area contributed by atoms with E-state index in [1.807, 2.05) is 0 Å². The van der Waals surface area contributed by atoms with Crippen LogP contribution < -0.4 is 36.1 Å². The van der Waals surface area contributed by atoms with Crippen LogP contribution in [0.25, 0.3) is 0 Å². The smallest absolute Gasteiger partial charge is 0.220 e. The number of thioether (sulfide) groups is 1. The molecule has 1 aliphatic heterocycles. The van der Waals surface area contributed by atoms with Crippen molar-refractivity contribution in [2.24, 2.45) is 11.8 Å². The molecule has 0 radical (unpaired) electrons. The van der Waals surface area contributed by atoms with E-state index in [1.54, 1.807) is 37.9 Å². The highest BCUT2D eigenvalue weighted by atomic mass is 32.2. The minimum atomic E-state index is -0.172. The van der Waals surface area contributed by atoms with Crippen molar-refractivity contribution in [3.63, 3.8) is 0 Å². The van der Waals surface area contributed by atoms with Crippen LogP contribution in [-0.4, -0.2) is 76.0 Å². The summed E-state index contributed by atoms with van der Waals surface area (Å²) in [7, 11) is 6.09. The van der Waals surface area contributed by atoms with Crippen LogP contribution in [0.1, 0.15) is 64.9 Å². The van der Waals surface area contributed by atoms with Gasteiger partial charge < -0.3 is 35.0 Å². The number of ketones is 1. The highest BCUT2D eigenvalue weighted by Crippen LogP contribution is 2.34. The SMILES string of the molecule is C.CNC(=O)CCCCOc1cc(OC)c(CNC(=O)CCCC(=O)NCC2CC(C(C)=O)CS2)c(OC)c1.CON. The number of carbonyl (C=O) groups excluding carboxylic acids is 4. The number of unbranched alkanes of at least 4 members (excludes halogenated alkanes) is 1. The molecule has 42 heavy (non-hydrogen) atoms. The number of rotatable bonds is 17. The number of Topliss-reactive ketones (excluding diaryl/α,β-unsaturated/α-hetero) is 1. The molecular formula is C29H50N4O8S. The van der Waals surface area contributed by atoms with Crippen molar-refractivity contribution in [2.45, 2.75) is 71.1 Å². The summed E-state index contributed by atoms with van der Waals surface area (Å²) in [6.07, 6.45) is 3.64. The summed E-state index contributed by atoms with van der Waals surface area (Å²) in [6, 6.07) is 3.49. The largest absolute Gasteiger partial charge is 0.496 e. The molecule has 5 N–H and O–H groups in total. The highest BCUT2D eigenvalue weighted by molar-refractivity contribution is 8.00. The van der Waals surface area contributed by atoms with E-state index in [0.717, 1.165) is 25.0 Å². The first-order chi connectivity index (χ1) is 19.7. The lowest BCUT2D eigenvalue weighted by molar-refractivity contribution is -0.123. The van der Waals surface area contributed by atoms with Gasteiger partial charge in [-0.15, -0.1) is 0 Å². The molecule has 13 heteroatoms. The van der Waals surface area contributed by atoms with E-state index in [2.05, 4.69) is 26.7 Å². The molecule has 240 valence electrons. The van der Waals surface area contributed by atoms with Gasteiger partial charge in [-0.05, 0) is 32.6 Å². The Morgan fingerprint density at radius 2 is 1.50 bits per heavy atom. The van der Waals surface area contributed by atoms with Crippen LogP contribution in [0.5, 0.6) is 17.2 Å². The molecule has 1 aromatic rings. The standard InChI is InChI=1S/C27H41N3O7S.CH5NO.CH4/c1-18(31)19-12-21(38-17-19)15-29-26(33)9-7-10-27(34)30-16-22-23(35-3)13-20(14-24(22)36-4)37-11-6-5-8-25(32)28-2;1-3-2;/h13-14,19,21H,5-12,15-17H2,1-4H3,(H,28,32)(H,29,33)(H,30,34);2H2,1H3;1H4. The second kappa shape index (κ2) is 22.6. The van der Waals surface area contributed by atoms with Gasteiger partial charge in [-0.2, -0.15) is 11.8 Å². The second-order valence-electron chi connectivity index (χ2n) is 9.45. The van der Waals surface area contributed by atoms with Crippen molar-refractivity contribution in [3.8, 4) is 17.2 Å². The number of methoxy groups -OCH3 is 2. The molecule has 2 rings (SSSR count). The molecule has 2 unspecified atom stereocenters. The Morgan fingerprint density at radius 3 is 2.02 bits per heavy atom. The molecular weight excluding hydrogens is 564 g/mol. The number of amides is 3. The summed E-state index contributed by atoms with van der Waals surface area (Å²) in [5.41, 5.74) is 0.686. The fourth-order valence-corrected chi connectivity index (χ4v) is 5.50. The summed E-state index contributed by atoms with van der Waals surface area (Å²) in [6.45, 7) is 2.83. The third-order valence-electron chi connectivity index (χ3n) is 6.38. The fraction of sp³-hybridized carbons (Fsp3) is 0.655. The van der Waals surface area contributed by atoms with Crippen LogP contribution >= 0.6 is 11.8 Å². The van der Waals surface area contributed by atoms with Gasteiger partial charge in [0.15, 0.2) is 0 Å². The molecule has 0 aromatic heterocycles. The number of hydrogen-bond acceptors (Lipinski definition) is 10. The predicted molar refractivity (Wildman–Crippen MR) is 165 cm³/mol. The van der Waals surface area contributed by atoms with Gasteiger partial charge in [-0.1, -0.05) is 7.43 Å². The fourth-order valence-electron chi connectivity index (χ4n) is 4.05. The normalized spacial score (nSPS) is 15.3. The Bertz CT molecular complexity index is 954. The summed E-state index contributed by atoms with van der Waals surface area (Å²) in [5, 5.41) is 8.64. The second-order valence-corrected chi connectivity index (χ2v) is 10.8. The van der Waals surface area contributed by atoms with Gasteiger partial charge >= 0.3 is 0 Å². The number of nitrogens with one attached hydrogen (secondary N) is 3. The summed E-state index contributed by atoms with van der Waals surface area (Å²) in [5.74, 6) is 6.86. The van der Waals surface area contributed by atoms with Crippen LogP contribution in [0.3, 0.4) is 0 Å². The number of ether oxygens (including phenoxy) is 3. The third-order valence-corrected chi connectivity index (χ3v) is 7.80. The maximum atomic E-state index is 12.4. The zero-order valence-corrected chi connectivity index (χ0v) is 25.7. The van der Waals surface area contributed by atoms with Crippen LogP contribution in [0, 0.1) is 5.92 Å². The Morgan fingerprint density at radius 1 is 0.929 bits per heavy atom. The molecule has 1 aliphatic rings. The minimum absolute atomic E-state index is 0. The van der Waals surface area contributed by atoms with E-state index in [9.17, 15) is 19.2 Å². The number of benzene rings is 1. The molecule has 2 atom stereocenters. The van der Waals surface area contributed by atoms with Crippen LogP contribution in [0.15, 0.2) is 12.1 Å². The van der Waals surface area contributed by atoms with Gasteiger partial charge in [0.1, 0.15) is 23.0 Å². The molecule has 1 saturated heterocycles. The average molecular weight is 615 g/mol. The lowest BCUT2D eigenvalue weighted by Gasteiger charge is -2.16. The first kappa shape index (κ1) is 39.0. The van der Waals surface area contributed by atoms with Gasteiger partial charge in [0.2, 0.25) is 17.7 Å². The Labute approximate surface area is 254 Å². The van der Waals surface area contributed by atoms with Crippen LogP contribution in [0.2, 0.25) is 0 Å². The van der Waals surface area contributed by atoms with Crippen LogP contribution in [-0.2, 0) is 30.6 Å². The van der Waals surface area contributed by atoms with Gasteiger partial charge in [-0.25, -0.2) is 5.90 Å². The molecule has 1 heterocycles. The van der Waals surface area contributed by atoms with Crippen molar-refractivity contribution in [1.82, 2.24) is 16.0 Å². The molecule has 0 bridgehead atoms. The van der Waals surface area contributed by atoms with E-state index in [1.165, 1.54) is 21.3 Å². The zero-order chi connectivity index (χ0) is 30.6. The van der Waals surface area contributed by atoms with Gasteiger partial charge in [-0.3, -0.25) is 19.2 Å². The zero-order valence-electron chi connectivity index (χ0n) is 24.8. The van der Waals surface area contributed by atoms with E-state index in [4.69, 9.17) is 14.2 Å². The lowest BCUT2D eigenvalue weighted by atomic mass is 10.0. The van der Waals surface area contributed by atoms with Gasteiger partial charge in [0.05, 0.1) is 40.0 Å². The average Bonchev–Trinajstić information content (AvgIpc) is 3.44. The molecule has 0 spiro atoms. The number of nitrogens with two attached hydrogens (primary N) is 1. The van der Waals surface area contributed by atoms with Gasteiger partial charge in [0, 0.05) is 61.9 Å². The molecule has 0 aliphatic carbocycles. The van der Waals surface area contributed by atoms with E-state index < -0.39 is 0 Å². The van der Waals surface area contributed by atoms with Gasteiger partial charge in [0.25, 0.3) is 0 Å². The number of carbonyl (C=O) groups is 4. The van der Waals surface area contributed by atoms with Crippen molar-refractivity contribution in [2.75, 3.05) is 47.3 Å². The summed E-state index contributed by atoms with van der Waals surface area (Å²) < 4.78 is 16.8. The predicted octanol–water partition coefficient (Wildman–Crippen LogP) is 2.75. The van der Waals surface area contributed by atoms with Crippen molar-refractivity contribution >= 4 is 35.3 Å². The molecule has 0 saturated carbocycles. The van der Waals surface area contributed by atoms with Crippen molar-refractivity contribution in [1.29, 1.82) is 0 Å². The highest BCUT2D eigenvalue weighted by Gasteiger charge is 2.28. The Kier molecular flexibility index (Phi) is 20.9. The van der Waals surface area contributed by atoms with Crippen LogP contribution in [0.4, 0.5) is 0 Å². The summed E-state index contributed by atoms with van der Waals surface area (Å²) in [4.78, 5) is 51.1. The van der Waals surface area contributed by atoms with E-state index >= 15 is 0 Å². The van der Waals surface area contributed by atoms with E-state index in [-0.39, 0.29) is 61.5 Å². The maximum absolute atomic E-state index is 12.4. The maximum Gasteiger partial charge on any atom is 0.220 e. The van der Waals surface area contributed by atoms with Crippen molar-refractivity contribution in [3.05, 3.63) is 17.7 Å². The lowest BCUT2D eigenvalue weighted by Crippen LogP contribution is -2.30. The molecule has 1 aromatic carbocycles.